The number of carbonyl (C=O) groups is 1. The minimum absolute atomic E-state index is 0.0610. The Kier molecular flexibility index (Phi) is 6.49. The van der Waals surface area contributed by atoms with Crippen molar-refractivity contribution in [3.05, 3.63) is 0 Å². The number of nitrogens with zero attached hydrogens (tertiary/aromatic N) is 1. The van der Waals surface area contributed by atoms with Crippen molar-refractivity contribution in [3.63, 3.8) is 0 Å². The average molecular weight is 296 g/mol. The predicted octanol–water partition coefficient (Wildman–Crippen LogP) is 2.43. The molecule has 2 atom stereocenters. The van der Waals surface area contributed by atoms with Gasteiger partial charge in [-0.25, -0.2) is 0 Å². The van der Waals surface area contributed by atoms with Crippen LogP contribution in [-0.2, 0) is 9.53 Å². The van der Waals surface area contributed by atoms with Crippen molar-refractivity contribution in [2.24, 2.45) is 11.8 Å². The number of esters is 1. The third-order valence-corrected chi connectivity index (χ3v) is 5.08. The summed E-state index contributed by atoms with van der Waals surface area (Å²) in [6.07, 6.45) is 5.54. The van der Waals surface area contributed by atoms with Gasteiger partial charge in [-0.2, -0.15) is 0 Å². The molecule has 4 heteroatoms. The lowest BCUT2D eigenvalue weighted by Crippen LogP contribution is -2.58. The van der Waals surface area contributed by atoms with Gasteiger partial charge in [0.15, 0.2) is 0 Å². The smallest absolute Gasteiger partial charge is 0.305 e. The van der Waals surface area contributed by atoms with Crippen molar-refractivity contribution in [3.8, 4) is 0 Å². The highest BCUT2D eigenvalue weighted by Crippen LogP contribution is 2.35. The molecule has 0 aromatic rings. The molecule has 2 bridgehead atoms. The first-order chi connectivity index (χ1) is 10.1. The Morgan fingerprint density at radius 3 is 2.52 bits per heavy atom. The lowest BCUT2D eigenvalue weighted by Gasteiger charge is -2.49. The van der Waals surface area contributed by atoms with Gasteiger partial charge in [0.2, 0.25) is 0 Å². The van der Waals surface area contributed by atoms with Crippen LogP contribution in [0.15, 0.2) is 0 Å². The third kappa shape index (κ3) is 4.68. The standard InChI is InChI=1S/C17H32N2O2/c1-4-21-16(20)9-6-10-18-17-14-7-5-8-15(17)12-19(11-14)13(2)3/h13-15,17-18H,4-12H2,1-3H3. The number of piperidine rings is 1. The number of fused-ring (bicyclic) bond motifs is 2. The average Bonchev–Trinajstić information content (AvgIpc) is 2.43. The van der Waals surface area contributed by atoms with E-state index in [1.54, 1.807) is 0 Å². The van der Waals surface area contributed by atoms with Gasteiger partial charge in [-0.1, -0.05) is 6.42 Å². The first kappa shape index (κ1) is 16.8. The van der Waals surface area contributed by atoms with E-state index in [0.29, 0.717) is 25.1 Å². The number of carbonyl (C=O) groups excluding carboxylic acids is 1. The second-order valence-corrected chi connectivity index (χ2v) is 6.89. The summed E-state index contributed by atoms with van der Waals surface area (Å²) in [4.78, 5) is 14.0. The van der Waals surface area contributed by atoms with Crippen LogP contribution >= 0.6 is 0 Å². The molecule has 1 saturated heterocycles. The minimum Gasteiger partial charge on any atom is -0.466 e. The Hall–Kier alpha value is -0.610. The number of hydrogen-bond acceptors (Lipinski definition) is 4. The Balaban J connectivity index is 1.74. The monoisotopic (exact) mass is 296 g/mol. The molecular weight excluding hydrogens is 264 g/mol. The lowest BCUT2D eigenvalue weighted by atomic mass is 9.73. The van der Waals surface area contributed by atoms with Crippen molar-refractivity contribution < 1.29 is 9.53 Å². The van der Waals surface area contributed by atoms with E-state index >= 15 is 0 Å². The Morgan fingerprint density at radius 2 is 1.95 bits per heavy atom. The molecule has 1 N–H and O–H groups in total. The molecule has 122 valence electrons. The molecule has 0 aromatic heterocycles. The van der Waals surface area contributed by atoms with E-state index in [-0.39, 0.29) is 5.97 Å². The van der Waals surface area contributed by atoms with Crippen molar-refractivity contribution in [2.45, 2.75) is 65.0 Å². The van der Waals surface area contributed by atoms with E-state index in [0.717, 1.165) is 24.8 Å². The Labute approximate surface area is 129 Å². The largest absolute Gasteiger partial charge is 0.466 e. The molecule has 2 aliphatic rings. The number of likely N-dealkylation sites (tertiary alicyclic amines) is 1. The molecule has 2 unspecified atom stereocenters. The second-order valence-electron chi connectivity index (χ2n) is 6.89. The molecule has 4 nitrogen and oxygen atoms in total. The number of rotatable bonds is 7. The van der Waals surface area contributed by atoms with E-state index in [2.05, 4.69) is 24.1 Å². The quantitative estimate of drug-likeness (QED) is 0.579. The molecule has 0 radical (unpaired) electrons. The summed E-state index contributed by atoms with van der Waals surface area (Å²) in [5.41, 5.74) is 0. The van der Waals surface area contributed by atoms with Gasteiger partial charge in [-0.15, -0.1) is 0 Å². The molecule has 21 heavy (non-hydrogen) atoms. The van der Waals surface area contributed by atoms with Gasteiger partial charge in [-0.3, -0.25) is 4.79 Å². The molecule has 0 amide bonds. The SMILES string of the molecule is CCOC(=O)CCCNC1C2CCCC1CN(C(C)C)C2. The van der Waals surface area contributed by atoms with Crippen LogP contribution in [0.1, 0.15) is 52.9 Å². The highest BCUT2D eigenvalue weighted by Gasteiger charge is 2.39. The van der Waals surface area contributed by atoms with Gasteiger partial charge in [0, 0.05) is 31.6 Å². The van der Waals surface area contributed by atoms with Crippen molar-refractivity contribution in [1.29, 1.82) is 0 Å². The fourth-order valence-corrected chi connectivity index (χ4v) is 3.96. The van der Waals surface area contributed by atoms with Crippen LogP contribution in [-0.4, -0.2) is 49.2 Å². The molecule has 1 heterocycles. The van der Waals surface area contributed by atoms with Crippen molar-refractivity contribution >= 4 is 5.97 Å². The van der Waals surface area contributed by atoms with Crippen LogP contribution in [0.2, 0.25) is 0 Å². The zero-order valence-corrected chi connectivity index (χ0v) is 13.9. The van der Waals surface area contributed by atoms with Crippen LogP contribution in [0.3, 0.4) is 0 Å². The molecule has 1 aliphatic carbocycles. The Bertz CT molecular complexity index is 319. The highest BCUT2D eigenvalue weighted by molar-refractivity contribution is 5.69. The first-order valence-corrected chi connectivity index (χ1v) is 8.74. The molecule has 1 aliphatic heterocycles. The van der Waals surface area contributed by atoms with E-state index in [9.17, 15) is 4.79 Å². The van der Waals surface area contributed by atoms with E-state index in [1.807, 2.05) is 6.92 Å². The maximum atomic E-state index is 11.4. The van der Waals surface area contributed by atoms with Gasteiger partial charge in [0.05, 0.1) is 6.61 Å². The van der Waals surface area contributed by atoms with Crippen LogP contribution < -0.4 is 5.32 Å². The van der Waals surface area contributed by atoms with Crippen molar-refractivity contribution in [2.75, 3.05) is 26.2 Å². The van der Waals surface area contributed by atoms with E-state index in [4.69, 9.17) is 4.74 Å². The summed E-state index contributed by atoms with van der Waals surface area (Å²) in [6.45, 7) is 10.4. The predicted molar refractivity (Wildman–Crippen MR) is 85.2 cm³/mol. The van der Waals surface area contributed by atoms with Gasteiger partial charge < -0.3 is 15.0 Å². The fourth-order valence-electron chi connectivity index (χ4n) is 3.96. The van der Waals surface area contributed by atoms with Gasteiger partial charge in [0.1, 0.15) is 0 Å². The molecule has 0 aromatic carbocycles. The van der Waals surface area contributed by atoms with Crippen LogP contribution in [0.25, 0.3) is 0 Å². The molecule has 2 rings (SSSR count). The fraction of sp³-hybridized carbons (Fsp3) is 0.941. The first-order valence-electron chi connectivity index (χ1n) is 8.74. The summed E-state index contributed by atoms with van der Waals surface area (Å²) < 4.78 is 4.98. The van der Waals surface area contributed by atoms with Crippen LogP contribution in [0.4, 0.5) is 0 Å². The Morgan fingerprint density at radius 1 is 1.29 bits per heavy atom. The summed E-state index contributed by atoms with van der Waals surface area (Å²) in [5.74, 6) is 1.53. The third-order valence-electron chi connectivity index (χ3n) is 5.08. The number of nitrogens with one attached hydrogen (secondary N) is 1. The molecule has 1 saturated carbocycles. The van der Waals surface area contributed by atoms with Crippen LogP contribution in [0.5, 0.6) is 0 Å². The van der Waals surface area contributed by atoms with Crippen LogP contribution in [0, 0.1) is 11.8 Å². The summed E-state index contributed by atoms with van der Waals surface area (Å²) in [5, 5.41) is 3.75. The van der Waals surface area contributed by atoms with Gasteiger partial charge in [-0.05, 0) is 58.4 Å². The summed E-state index contributed by atoms with van der Waals surface area (Å²) in [7, 11) is 0. The maximum absolute atomic E-state index is 11.4. The van der Waals surface area contributed by atoms with E-state index in [1.165, 1.54) is 32.4 Å². The molecule has 2 fully saturated rings. The molecule has 0 spiro atoms. The summed E-state index contributed by atoms with van der Waals surface area (Å²) in [6, 6.07) is 1.33. The maximum Gasteiger partial charge on any atom is 0.305 e. The minimum atomic E-state index is -0.0610. The number of hydrogen-bond donors (Lipinski definition) is 1. The summed E-state index contributed by atoms with van der Waals surface area (Å²) >= 11 is 0. The zero-order chi connectivity index (χ0) is 15.2. The highest BCUT2D eigenvalue weighted by atomic mass is 16.5. The van der Waals surface area contributed by atoms with Crippen molar-refractivity contribution in [1.82, 2.24) is 10.2 Å². The lowest BCUT2D eigenvalue weighted by molar-refractivity contribution is -0.143. The normalized spacial score (nSPS) is 29.6. The van der Waals surface area contributed by atoms with E-state index < -0.39 is 0 Å². The topological polar surface area (TPSA) is 41.6 Å². The molecular formula is C17H32N2O2. The zero-order valence-electron chi connectivity index (χ0n) is 13.9. The van der Waals surface area contributed by atoms with Gasteiger partial charge in [0.25, 0.3) is 0 Å². The van der Waals surface area contributed by atoms with Gasteiger partial charge >= 0.3 is 5.97 Å². The number of ether oxygens (including phenoxy) is 1. The second kappa shape index (κ2) is 8.14.